The molecule has 4 N–H and O–H groups in total. The van der Waals surface area contributed by atoms with E-state index in [1.54, 1.807) is 0 Å². The van der Waals surface area contributed by atoms with Gasteiger partial charge in [0.25, 0.3) is 0 Å². The number of esters is 1. The zero-order chi connectivity index (χ0) is 41.1. The van der Waals surface area contributed by atoms with Gasteiger partial charge in [0.15, 0.2) is 6.29 Å². The number of hydrogen-bond donors (Lipinski definition) is 4. The zero-order valence-corrected chi connectivity index (χ0v) is 35.8. The Hall–Kier alpha value is -1.42. The van der Waals surface area contributed by atoms with Gasteiger partial charge in [-0.15, -0.1) is 0 Å². The number of rotatable bonds is 38. The fourth-order valence-corrected chi connectivity index (χ4v) is 7.18. The summed E-state index contributed by atoms with van der Waals surface area (Å²) in [5.74, 6) is -0.412. The van der Waals surface area contributed by atoms with E-state index < -0.39 is 59.8 Å². The molecule has 6 atom stereocenters. The number of ether oxygens (including phenoxy) is 4. The van der Waals surface area contributed by atoms with E-state index in [1.807, 2.05) is 0 Å². The van der Waals surface area contributed by atoms with Gasteiger partial charge < -0.3 is 34.3 Å². The quantitative estimate of drug-likeness (QED) is 0.0202. The number of unbranched alkanes of at least 4 members (excludes halogenated alkanes) is 21. The van der Waals surface area contributed by atoms with Gasteiger partial charge in [-0.25, -0.2) is 4.18 Å². The van der Waals surface area contributed by atoms with E-state index in [1.165, 1.54) is 89.9 Å². The molecule has 0 radical (unpaired) electrons. The van der Waals surface area contributed by atoms with Crippen molar-refractivity contribution in [2.45, 2.75) is 218 Å². The van der Waals surface area contributed by atoms with Crippen LogP contribution in [0.1, 0.15) is 181 Å². The first kappa shape index (κ1) is 52.6. The summed E-state index contributed by atoms with van der Waals surface area (Å²) in [5.41, 5.74) is 0. The number of hydrogen-bond acceptors (Lipinski definition) is 11. The fourth-order valence-electron chi connectivity index (χ4n) is 6.67. The van der Waals surface area contributed by atoms with Crippen molar-refractivity contribution in [2.24, 2.45) is 0 Å². The smallest absolute Gasteiger partial charge is 0.397 e. The van der Waals surface area contributed by atoms with E-state index in [0.717, 1.165) is 64.2 Å². The molecule has 1 rings (SSSR count). The number of carbonyl (C=O) groups is 1. The first-order valence-electron chi connectivity index (χ1n) is 22.1. The van der Waals surface area contributed by atoms with E-state index in [4.69, 9.17) is 23.5 Å². The van der Waals surface area contributed by atoms with Crippen LogP contribution in [0.3, 0.4) is 0 Å². The van der Waals surface area contributed by atoms with Crippen molar-refractivity contribution in [3.8, 4) is 0 Å². The summed E-state index contributed by atoms with van der Waals surface area (Å²) in [4.78, 5) is 12.8. The van der Waals surface area contributed by atoms with Gasteiger partial charge in [0.1, 0.15) is 30.5 Å². The molecule has 0 spiro atoms. The van der Waals surface area contributed by atoms with Crippen molar-refractivity contribution in [1.82, 2.24) is 0 Å². The highest BCUT2D eigenvalue weighted by Gasteiger charge is 2.48. The van der Waals surface area contributed by atoms with Crippen LogP contribution in [0.15, 0.2) is 24.3 Å². The first-order valence-corrected chi connectivity index (χ1v) is 23.5. The molecule has 0 amide bonds. The molecule has 0 aromatic carbocycles. The van der Waals surface area contributed by atoms with Crippen LogP contribution in [0.25, 0.3) is 0 Å². The molecule has 0 bridgehead atoms. The number of allylic oxidation sites excluding steroid dienone is 4. The van der Waals surface area contributed by atoms with Crippen LogP contribution < -0.4 is 0 Å². The third-order valence-electron chi connectivity index (χ3n) is 10.0. The van der Waals surface area contributed by atoms with Gasteiger partial charge in [-0.05, 0) is 57.8 Å². The van der Waals surface area contributed by atoms with Gasteiger partial charge in [-0.2, -0.15) is 8.42 Å². The Kier molecular flexibility index (Phi) is 33.4. The Morgan fingerprint density at radius 1 is 0.661 bits per heavy atom. The normalized spacial score (nSPS) is 21.0. The molecule has 330 valence electrons. The standard InChI is InChI=1S/C43H80O12S/c1-3-5-7-9-11-13-15-16-17-18-19-20-21-22-23-25-27-29-31-33-51-35-37(53-39(45)32-30-28-26-24-14-12-10-8-6-4-2)36-52-43-41(47)42(55-56(48,49)50)40(46)38(34-44)54-43/h8,10,17-18,37-38,40-44,46-47H,3-7,9,11-16,19-36H2,1-2H3,(H,48,49,50)/b10-8-,18-17-. The number of aliphatic hydroxyl groups excluding tert-OH is 3. The van der Waals surface area contributed by atoms with Crippen LogP contribution in [-0.4, -0.2) is 97.5 Å². The molecule has 1 aliphatic heterocycles. The second kappa shape index (κ2) is 35.5. The first-order chi connectivity index (χ1) is 27.1. The van der Waals surface area contributed by atoms with Gasteiger partial charge in [0, 0.05) is 13.0 Å². The van der Waals surface area contributed by atoms with Crippen LogP contribution >= 0.6 is 0 Å². The Morgan fingerprint density at radius 3 is 1.68 bits per heavy atom. The van der Waals surface area contributed by atoms with Crippen LogP contribution in [0.2, 0.25) is 0 Å². The lowest BCUT2D eigenvalue weighted by molar-refractivity contribution is -0.301. The Balaban J connectivity index is 2.39. The van der Waals surface area contributed by atoms with Crippen LogP contribution in [0.5, 0.6) is 0 Å². The SMILES string of the molecule is CCC/C=C\CCCCCCCC(=O)OC(COCCCCCCCCCC/C=C\CCCCCCCCC)COC1OC(CO)C(O)C(OS(=O)(=O)O)C1O. The third kappa shape index (κ3) is 28.9. The lowest BCUT2D eigenvalue weighted by atomic mass is 9.99. The Bertz CT molecular complexity index is 1080. The molecule has 0 aromatic rings. The van der Waals surface area contributed by atoms with Crippen molar-refractivity contribution < 1.29 is 56.2 Å². The van der Waals surface area contributed by atoms with Gasteiger partial charge in [-0.3, -0.25) is 9.35 Å². The highest BCUT2D eigenvalue weighted by Crippen LogP contribution is 2.26. The van der Waals surface area contributed by atoms with Gasteiger partial charge in [-0.1, -0.05) is 141 Å². The van der Waals surface area contributed by atoms with Gasteiger partial charge >= 0.3 is 16.4 Å². The maximum Gasteiger partial charge on any atom is 0.397 e. The van der Waals surface area contributed by atoms with E-state index in [9.17, 15) is 28.5 Å². The second-order valence-electron chi connectivity index (χ2n) is 15.3. The molecule has 0 aromatic heterocycles. The maximum absolute atomic E-state index is 12.8. The lowest BCUT2D eigenvalue weighted by Gasteiger charge is -2.41. The summed E-state index contributed by atoms with van der Waals surface area (Å²) < 4.78 is 58.9. The average Bonchev–Trinajstić information content (AvgIpc) is 3.17. The minimum absolute atomic E-state index is 0.0323. The molecule has 0 saturated carbocycles. The predicted octanol–water partition coefficient (Wildman–Crippen LogP) is 8.85. The monoisotopic (exact) mass is 821 g/mol. The predicted molar refractivity (Wildman–Crippen MR) is 221 cm³/mol. The van der Waals surface area contributed by atoms with Gasteiger partial charge in [0.05, 0.1) is 19.8 Å². The van der Waals surface area contributed by atoms with Crippen molar-refractivity contribution in [3.05, 3.63) is 24.3 Å². The second-order valence-corrected chi connectivity index (χ2v) is 16.3. The lowest BCUT2D eigenvalue weighted by Crippen LogP contribution is -2.60. The van der Waals surface area contributed by atoms with E-state index in [-0.39, 0.29) is 19.6 Å². The Morgan fingerprint density at radius 2 is 1.16 bits per heavy atom. The van der Waals surface area contributed by atoms with Crippen LogP contribution in [-0.2, 0) is 38.3 Å². The number of aliphatic hydroxyl groups is 3. The van der Waals surface area contributed by atoms with E-state index in [2.05, 4.69) is 42.3 Å². The molecule has 13 heteroatoms. The molecule has 56 heavy (non-hydrogen) atoms. The molecular weight excluding hydrogens is 741 g/mol. The molecule has 1 saturated heterocycles. The fraction of sp³-hybridized carbons (Fsp3) is 0.884. The average molecular weight is 821 g/mol. The van der Waals surface area contributed by atoms with Crippen LogP contribution in [0.4, 0.5) is 0 Å². The molecule has 1 heterocycles. The summed E-state index contributed by atoms with van der Waals surface area (Å²) in [5, 5.41) is 30.6. The van der Waals surface area contributed by atoms with E-state index in [0.29, 0.717) is 13.0 Å². The van der Waals surface area contributed by atoms with Crippen molar-refractivity contribution in [3.63, 3.8) is 0 Å². The highest BCUT2D eigenvalue weighted by molar-refractivity contribution is 7.80. The summed E-state index contributed by atoms with van der Waals surface area (Å²) in [6.07, 6.45) is 29.4. The van der Waals surface area contributed by atoms with Crippen molar-refractivity contribution in [1.29, 1.82) is 0 Å². The summed E-state index contributed by atoms with van der Waals surface area (Å²) in [6, 6.07) is 0. The topological polar surface area (TPSA) is 178 Å². The largest absolute Gasteiger partial charge is 0.457 e. The van der Waals surface area contributed by atoms with Crippen molar-refractivity contribution >= 4 is 16.4 Å². The number of carbonyl (C=O) groups excluding carboxylic acids is 1. The molecule has 1 aliphatic rings. The molecule has 0 aliphatic carbocycles. The summed E-state index contributed by atoms with van der Waals surface area (Å²) in [6.45, 7) is 3.90. The molecule has 6 unspecified atom stereocenters. The summed E-state index contributed by atoms with van der Waals surface area (Å²) >= 11 is 0. The zero-order valence-electron chi connectivity index (χ0n) is 34.9. The maximum atomic E-state index is 12.8. The summed E-state index contributed by atoms with van der Waals surface area (Å²) in [7, 11) is -5.06. The van der Waals surface area contributed by atoms with Gasteiger partial charge in [0.2, 0.25) is 0 Å². The molecule has 1 fully saturated rings. The minimum Gasteiger partial charge on any atom is -0.457 e. The minimum atomic E-state index is -5.06. The van der Waals surface area contributed by atoms with Crippen LogP contribution in [0, 0.1) is 0 Å². The van der Waals surface area contributed by atoms with Crippen molar-refractivity contribution in [2.75, 3.05) is 26.4 Å². The Labute approximate surface area is 340 Å². The molecular formula is C43H80O12S. The molecule has 12 nitrogen and oxygen atoms in total. The highest BCUT2D eigenvalue weighted by atomic mass is 32.3. The van der Waals surface area contributed by atoms with E-state index >= 15 is 0 Å². The third-order valence-corrected chi connectivity index (χ3v) is 10.5.